The molecule has 2 fully saturated rings. The van der Waals surface area contributed by atoms with Crippen LogP contribution in [0.15, 0.2) is 0 Å². The Hall–Kier alpha value is -0.590. The van der Waals surface area contributed by atoms with Crippen molar-refractivity contribution in [1.82, 2.24) is 10.2 Å². The Kier molecular flexibility index (Phi) is 3.99. The second kappa shape index (κ2) is 5.19. The van der Waals surface area contributed by atoms with E-state index in [9.17, 15) is 0 Å². The lowest BCUT2D eigenvalue weighted by Gasteiger charge is -2.40. The van der Waals surface area contributed by atoms with Gasteiger partial charge in [0.1, 0.15) is 0 Å². The standard InChI is InChI=1S/C15H27N3/c1-14(2,13-4-8-18(3)9-5-13)11-17-12-15(10-16)6-7-15/h13,17H,4-9,11-12H2,1-3H3. The van der Waals surface area contributed by atoms with Crippen LogP contribution in [0.4, 0.5) is 0 Å². The average molecular weight is 249 g/mol. The van der Waals surface area contributed by atoms with Gasteiger partial charge < -0.3 is 10.2 Å². The Morgan fingerprint density at radius 3 is 2.44 bits per heavy atom. The van der Waals surface area contributed by atoms with Gasteiger partial charge in [-0.2, -0.15) is 5.26 Å². The van der Waals surface area contributed by atoms with E-state index >= 15 is 0 Å². The van der Waals surface area contributed by atoms with Gasteiger partial charge in [0.05, 0.1) is 11.5 Å². The quantitative estimate of drug-likeness (QED) is 0.812. The van der Waals surface area contributed by atoms with E-state index in [1.165, 1.54) is 25.9 Å². The van der Waals surface area contributed by atoms with Crippen molar-refractivity contribution in [3.05, 3.63) is 0 Å². The normalized spacial score (nSPS) is 24.8. The maximum atomic E-state index is 9.07. The van der Waals surface area contributed by atoms with Gasteiger partial charge in [0.25, 0.3) is 0 Å². The smallest absolute Gasteiger partial charge is 0.0703 e. The molecule has 1 aliphatic heterocycles. The van der Waals surface area contributed by atoms with Crippen LogP contribution in [0.1, 0.15) is 39.5 Å². The summed E-state index contributed by atoms with van der Waals surface area (Å²) in [5.74, 6) is 0.818. The van der Waals surface area contributed by atoms with Gasteiger partial charge in [-0.1, -0.05) is 13.8 Å². The summed E-state index contributed by atoms with van der Waals surface area (Å²) >= 11 is 0. The van der Waals surface area contributed by atoms with Crippen molar-refractivity contribution in [1.29, 1.82) is 5.26 Å². The van der Waals surface area contributed by atoms with E-state index in [1.807, 2.05) is 0 Å². The van der Waals surface area contributed by atoms with Crippen molar-refractivity contribution in [2.45, 2.75) is 39.5 Å². The third-order valence-electron chi connectivity index (χ3n) is 4.96. The van der Waals surface area contributed by atoms with Crippen molar-refractivity contribution in [2.75, 3.05) is 33.2 Å². The van der Waals surface area contributed by atoms with Crippen molar-refractivity contribution in [3.8, 4) is 6.07 Å². The lowest BCUT2D eigenvalue weighted by molar-refractivity contribution is 0.112. The molecule has 0 amide bonds. The van der Waals surface area contributed by atoms with Gasteiger partial charge in [-0.25, -0.2) is 0 Å². The molecular formula is C15H27N3. The van der Waals surface area contributed by atoms with Crippen LogP contribution in [-0.4, -0.2) is 38.1 Å². The number of hydrogen-bond donors (Lipinski definition) is 1. The minimum absolute atomic E-state index is 0.0110. The zero-order valence-corrected chi connectivity index (χ0v) is 12.1. The lowest BCUT2D eigenvalue weighted by Crippen LogP contribution is -2.42. The molecule has 0 spiro atoms. The fourth-order valence-corrected chi connectivity index (χ4v) is 3.04. The van der Waals surface area contributed by atoms with E-state index in [2.05, 4.69) is 37.2 Å². The molecule has 18 heavy (non-hydrogen) atoms. The second-order valence-electron chi connectivity index (χ2n) is 7.06. The van der Waals surface area contributed by atoms with Crippen LogP contribution >= 0.6 is 0 Å². The fraction of sp³-hybridized carbons (Fsp3) is 0.933. The van der Waals surface area contributed by atoms with Crippen LogP contribution in [0.2, 0.25) is 0 Å². The lowest BCUT2D eigenvalue weighted by atomic mass is 9.73. The van der Waals surface area contributed by atoms with Crippen LogP contribution in [0.3, 0.4) is 0 Å². The number of nitrogens with zero attached hydrogens (tertiary/aromatic N) is 2. The molecule has 2 rings (SSSR count). The fourth-order valence-electron chi connectivity index (χ4n) is 3.04. The van der Waals surface area contributed by atoms with Crippen molar-refractivity contribution >= 4 is 0 Å². The van der Waals surface area contributed by atoms with E-state index in [-0.39, 0.29) is 5.41 Å². The minimum Gasteiger partial charge on any atom is -0.315 e. The number of nitriles is 1. The Morgan fingerprint density at radius 2 is 1.94 bits per heavy atom. The number of hydrogen-bond acceptors (Lipinski definition) is 3. The highest BCUT2D eigenvalue weighted by atomic mass is 15.1. The number of piperidine rings is 1. The molecule has 0 radical (unpaired) electrons. The zero-order chi connectivity index (χ0) is 13.2. The molecule has 1 aliphatic carbocycles. The molecule has 0 aromatic rings. The SMILES string of the molecule is CN1CCC(C(C)(C)CNCC2(C#N)CC2)CC1. The third-order valence-corrected chi connectivity index (χ3v) is 4.96. The van der Waals surface area contributed by atoms with Gasteiger partial charge >= 0.3 is 0 Å². The first-order valence-corrected chi connectivity index (χ1v) is 7.28. The van der Waals surface area contributed by atoms with E-state index < -0.39 is 0 Å². The van der Waals surface area contributed by atoms with Crippen LogP contribution in [0.5, 0.6) is 0 Å². The summed E-state index contributed by atoms with van der Waals surface area (Å²) in [5, 5.41) is 12.6. The summed E-state index contributed by atoms with van der Waals surface area (Å²) < 4.78 is 0. The highest BCUT2D eigenvalue weighted by molar-refractivity contribution is 5.11. The molecule has 1 heterocycles. The Bertz CT molecular complexity index is 317. The van der Waals surface area contributed by atoms with Crippen LogP contribution in [0, 0.1) is 28.1 Å². The van der Waals surface area contributed by atoms with Crippen LogP contribution < -0.4 is 5.32 Å². The van der Waals surface area contributed by atoms with Crippen molar-refractivity contribution in [3.63, 3.8) is 0 Å². The number of nitrogens with one attached hydrogen (secondary N) is 1. The monoisotopic (exact) mass is 249 g/mol. The van der Waals surface area contributed by atoms with Gasteiger partial charge in [-0.3, -0.25) is 0 Å². The summed E-state index contributed by atoms with van der Waals surface area (Å²) in [6.45, 7) is 9.15. The summed E-state index contributed by atoms with van der Waals surface area (Å²) in [5.41, 5.74) is 0.343. The first-order chi connectivity index (χ1) is 8.47. The predicted octanol–water partition coefficient (Wildman–Crippen LogP) is 2.25. The third kappa shape index (κ3) is 3.24. The molecule has 2 aliphatic rings. The summed E-state index contributed by atoms with van der Waals surface area (Å²) in [6.07, 6.45) is 4.81. The molecule has 0 atom stereocenters. The highest BCUT2D eigenvalue weighted by Gasteiger charge is 2.43. The van der Waals surface area contributed by atoms with E-state index in [4.69, 9.17) is 5.26 Å². The zero-order valence-electron chi connectivity index (χ0n) is 12.1. The molecule has 3 nitrogen and oxygen atoms in total. The van der Waals surface area contributed by atoms with Crippen molar-refractivity contribution < 1.29 is 0 Å². The summed E-state index contributed by atoms with van der Waals surface area (Å²) in [4.78, 5) is 2.43. The molecule has 0 aromatic heterocycles. The molecule has 0 bridgehead atoms. The summed E-state index contributed by atoms with van der Waals surface area (Å²) in [6, 6.07) is 2.45. The van der Waals surface area contributed by atoms with Crippen LogP contribution in [-0.2, 0) is 0 Å². The summed E-state index contributed by atoms with van der Waals surface area (Å²) in [7, 11) is 2.21. The Balaban J connectivity index is 1.75. The van der Waals surface area contributed by atoms with Gasteiger partial charge in [0.15, 0.2) is 0 Å². The Labute approximate surface area is 112 Å². The van der Waals surface area contributed by atoms with Crippen LogP contribution in [0.25, 0.3) is 0 Å². The van der Waals surface area contributed by atoms with E-state index in [0.717, 1.165) is 31.8 Å². The van der Waals surface area contributed by atoms with E-state index in [1.54, 1.807) is 0 Å². The molecule has 102 valence electrons. The Morgan fingerprint density at radius 1 is 1.33 bits per heavy atom. The number of rotatable bonds is 5. The molecule has 1 saturated carbocycles. The first kappa shape index (κ1) is 13.8. The maximum Gasteiger partial charge on any atom is 0.0703 e. The molecule has 0 unspecified atom stereocenters. The topological polar surface area (TPSA) is 39.1 Å². The first-order valence-electron chi connectivity index (χ1n) is 7.28. The van der Waals surface area contributed by atoms with E-state index in [0.29, 0.717) is 5.41 Å². The van der Waals surface area contributed by atoms with Gasteiger partial charge in [-0.05, 0) is 57.2 Å². The highest BCUT2D eigenvalue weighted by Crippen LogP contribution is 2.44. The largest absolute Gasteiger partial charge is 0.315 e. The van der Waals surface area contributed by atoms with Gasteiger partial charge in [0, 0.05) is 13.1 Å². The maximum absolute atomic E-state index is 9.07. The molecule has 1 saturated heterocycles. The van der Waals surface area contributed by atoms with Gasteiger partial charge in [-0.15, -0.1) is 0 Å². The minimum atomic E-state index is -0.0110. The molecule has 0 aromatic carbocycles. The second-order valence-corrected chi connectivity index (χ2v) is 7.06. The molecular weight excluding hydrogens is 222 g/mol. The van der Waals surface area contributed by atoms with Gasteiger partial charge in [0.2, 0.25) is 0 Å². The number of likely N-dealkylation sites (tertiary alicyclic amines) is 1. The predicted molar refractivity (Wildman–Crippen MR) is 74.2 cm³/mol. The molecule has 1 N–H and O–H groups in total. The molecule has 3 heteroatoms. The average Bonchev–Trinajstić information content (AvgIpc) is 3.10. The van der Waals surface area contributed by atoms with Crippen molar-refractivity contribution in [2.24, 2.45) is 16.7 Å².